The molecule has 0 aromatic heterocycles. The number of aliphatic hydroxyl groups excluding tert-OH is 1. The number of aliphatic hydroxyl groups is 1. The summed E-state index contributed by atoms with van der Waals surface area (Å²) in [6, 6.07) is 1.56. The Morgan fingerprint density at radius 3 is 2.64 bits per heavy atom. The number of phenols is 1. The average molecular weight is 200 g/mol. The minimum atomic E-state index is -0.721. The summed E-state index contributed by atoms with van der Waals surface area (Å²) in [6.07, 6.45) is 0.185. The van der Waals surface area contributed by atoms with Crippen molar-refractivity contribution in [2.24, 2.45) is 0 Å². The fourth-order valence-electron chi connectivity index (χ4n) is 1.39. The van der Waals surface area contributed by atoms with Crippen molar-refractivity contribution in [1.29, 1.82) is 0 Å². The molecule has 0 heterocycles. The SMILES string of the molecule is COc1c(C)cc(CCO)c(F)c1O. The number of aromatic hydroxyl groups is 1. The number of halogens is 1. The third-order valence-electron chi connectivity index (χ3n) is 2.04. The zero-order valence-electron chi connectivity index (χ0n) is 8.17. The first-order chi connectivity index (χ1) is 6.61. The first kappa shape index (κ1) is 10.8. The van der Waals surface area contributed by atoms with Crippen molar-refractivity contribution in [3.8, 4) is 11.5 Å². The molecule has 0 amide bonds. The molecule has 1 aromatic rings. The summed E-state index contributed by atoms with van der Waals surface area (Å²) in [5.74, 6) is -1.07. The van der Waals surface area contributed by atoms with Crippen LogP contribution in [0.15, 0.2) is 6.07 Å². The topological polar surface area (TPSA) is 49.7 Å². The fraction of sp³-hybridized carbons (Fsp3) is 0.400. The van der Waals surface area contributed by atoms with E-state index < -0.39 is 11.6 Å². The monoisotopic (exact) mass is 200 g/mol. The van der Waals surface area contributed by atoms with Gasteiger partial charge in [0.1, 0.15) is 0 Å². The summed E-state index contributed by atoms with van der Waals surface area (Å²) in [5, 5.41) is 18.1. The Labute approximate surface area is 81.8 Å². The lowest BCUT2D eigenvalue weighted by Crippen LogP contribution is -1.99. The van der Waals surface area contributed by atoms with Crippen molar-refractivity contribution in [2.75, 3.05) is 13.7 Å². The third-order valence-corrected chi connectivity index (χ3v) is 2.04. The maximum atomic E-state index is 13.4. The highest BCUT2D eigenvalue weighted by Gasteiger charge is 2.15. The number of benzene rings is 1. The van der Waals surface area contributed by atoms with E-state index in [1.807, 2.05) is 0 Å². The predicted molar refractivity (Wildman–Crippen MR) is 50.1 cm³/mol. The van der Waals surface area contributed by atoms with E-state index in [4.69, 9.17) is 9.84 Å². The Bertz CT molecular complexity index is 337. The molecule has 0 aliphatic carbocycles. The van der Waals surface area contributed by atoms with E-state index in [1.54, 1.807) is 13.0 Å². The maximum Gasteiger partial charge on any atom is 0.194 e. The Morgan fingerprint density at radius 1 is 1.50 bits per heavy atom. The highest BCUT2D eigenvalue weighted by atomic mass is 19.1. The van der Waals surface area contributed by atoms with Crippen molar-refractivity contribution >= 4 is 0 Å². The Morgan fingerprint density at radius 2 is 2.14 bits per heavy atom. The van der Waals surface area contributed by atoms with E-state index in [1.165, 1.54) is 7.11 Å². The lowest BCUT2D eigenvalue weighted by Gasteiger charge is -2.10. The highest BCUT2D eigenvalue weighted by Crippen LogP contribution is 2.34. The van der Waals surface area contributed by atoms with Gasteiger partial charge in [-0.05, 0) is 30.5 Å². The molecule has 14 heavy (non-hydrogen) atoms. The average Bonchev–Trinajstić information content (AvgIpc) is 2.15. The van der Waals surface area contributed by atoms with Gasteiger partial charge in [0.2, 0.25) is 0 Å². The molecule has 0 aliphatic rings. The molecule has 0 spiro atoms. The number of hydrogen-bond acceptors (Lipinski definition) is 3. The number of aryl methyl sites for hydroxylation is 1. The molecule has 4 heteroatoms. The van der Waals surface area contributed by atoms with E-state index in [9.17, 15) is 9.50 Å². The second-order valence-corrected chi connectivity index (χ2v) is 3.02. The van der Waals surface area contributed by atoms with E-state index in [2.05, 4.69) is 0 Å². The molecule has 0 saturated carbocycles. The summed E-state index contributed by atoms with van der Waals surface area (Å²) in [7, 11) is 1.37. The van der Waals surface area contributed by atoms with Crippen molar-refractivity contribution in [1.82, 2.24) is 0 Å². The smallest absolute Gasteiger partial charge is 0.194 e. The lowest BCUT2D eigenvalue weighted by atomic mass is 10.1. The van der Waals surface area contributed by atoms with Gasteiger partial charge in [0, 0.05) is 6.61 Å². The second-order valence-electron chi connectivity index (χ2n) is 3.02. The first-order valence-electron chi connectivity index (χ1n) is 4.27. The van der Waals surface area contributed by atoms with Gasteiger partial charge in [-0.1, -0.05) is 0 Å². The van der Waals surface area contributed by atoms with Crippen LogP contribution < -0.4 is 4.74 Å². The number of rotatable bonds is 3. The van der Waals surface area contributed by atoms with E-state index in [0.717, 1.165) is 0 Å². The minimum Gasteiger partial charge on any atom is -0.502 e. The van der Waals surface area contributed by atoms with Crippen molar-refractivity contribution in [3.05, 3.63) is 23.0 Å². The number of ether oxygens (including phenoxy) is 1. The van der Waals surface area contributed by atoms with Crippen LogP contribution in [0.2, 0.25) is 0 Å². The highest BCUT2D eigenvalue weighted by molar-refractivity contribution is 5.49. The van der Waals surface area contributed by atoms with E-state index >= 15 is 0 Å². The van der Waals surface area contributed by atoms with E-state index in [-0.39, 0.29) is 18.8 Å². The zero-order chi connectivity index (χ0) is 10.7. The molecule has 78 valence electrons. The van der Waals surface area contributed by atoms with Crippen LogP contribution in [0.3, 0.4) is 0 Å². The van der Waals surface area contributed by atoms with Crippen LogP contribution in [0, 0.1) is 12.7 Å². The summed E-state index contributed by atoms with van der Waals surface area (Å²) < 4.78 is 18.2. The third kappa shape index (κ3) is 1.80. The summed E-state index contributed by atoms with van der Waals surface area (Å²) in [5.41, 5.74) is 0.943. The molecule has 0 bridgehead atoms. The van der Waals surface area contributed by atoms with Crippen LogP contribution in [0.5, 0.6) is 11.5 Å². The second kappa shape index (κ2) is 4.28. The molecule has 3 nitrogen and oxygen atoms in total. The number of methoxy groups -OCH3 is 1. The summed E-state index contributed by atoms with van der Waals surface area (Å²) >= 11 is 0. The van der Waals surface area contributed by atoms with Crippen LogP contribution in [-0.2, 0) is 6.42 Å². The molecular formula is C10H13FO3. The number of hydrogen-bond donors (Lipinski definition) is 2. The van der Waals surface area contributed by atoms with Gasteiger partial charge < -0.3 is 14.9 Å². The molecule has 1 rings (SSSR count). The molecule has 0 saturated heterocycles. The summed E-state index contributed by atoms with van der Waals surface area (Å²) in [4.78, 5) is 0. The summed E-state index contributed by atoms with van der Waals surface area (Å²) in [6.45, 7) is 1.56. The predicted octanol–water partition coefficient (Wildman–Crippen LogP) is 1.38. The van der Waals surface area contributed by atoms with Crippen LogP contribution in [-0.4, -0.2) is 23.9 Å². The van der Waals surface area contributed by atoms with Crippen molar-refractivity contribution in [3.63, 3.8) is 0 Å². The minimum absolute atomic E-state index is 0.143. The van der Waals surface area contributed by atoms with Gasteiger partial charge in [0.15, 0.2) is 17.3 Å². The van der Waals surface area contributed by atoms with Crippen LogP contribution >= 0.6 is 0 Å². The number of phenolic OH excluding ortho intramolecular Hbond substituents is 1. The first-order valence-corrected chi connectivity index (χ1v) is 4.27. The van der Waals surface area contributed by atoms with Crippen LogP contribution in [0.4, 0.5) is 4.39 Å². The normalized spacial score (nSPS) is 10.3. The molecule has 0 fully saturated rings. The molecule has 0 atom stereocenters. The Kier molecular flexibility index (Phi) is 3.30. The molecule has 2 N–H and O–H groups in total. The van der Waals surface area contributed by atoms with Gasteiger partial charge in [0.05, 0.1) is 7.11 Å². The van der Waals surface area contributed by atoms with Crippen molar-refractivity contribution < 1.29 is 19.3 Å². The zero-order valence-corrected chi connectivity index (χ0v) is 8.17. The molecule has 0 aliphatic heterocycles. The van der Waals surface area contributed by atoms with Gasteiger partial charge in [0.25, 0.3) is 0 Å². The molecule has 0 radical (unpaired) electrons. The largest absolute Gasteiger partial charge is 0.502 e. The van der Waals surface area contributed by atoms with Crippen molar-refractivity contribution in [2.45, 2.75) is 13.3 Å². The van der Waals surface area contributed by atoms with E-state index in [0.29, 0.717) is 11.1 Å². The fourth-order valence-corrected chi connectivity index (χ4v) is 1.39. The standard InChI is InChI=1S/C10H13FO3/c1-6-5-7(3-4-12)8(11)9(13)10(6)14-2/h5,12-13H,3-4H2,1-2H3. The van der Waals surface area contributed by atoms with Gasteiger partial charge in [-0.25, -0.2) is 4.39 Å². The van der Waals surface area contributed by atoms with Crippen LogP contribution in [0.1, 0.15) is 11.1 Å². The molecule has 1 aromatic carbocycles. The lowest BCUT2D eigenvalue weighted by molar-refractivity contribution is 0.295. The van der Waals surface area contributed by atoms with Crippen LogP contribution in [0.25, 0.3) is 0 Å². The van der Waals surface area contributed by atoms with Gasteiger partial charge >= 0.3 is 0 Å². The van der Waals surface area contributed by atoms with Gasteiger partial charge in [-0.15, -0.1) is 0 Å². The molecule has 0 unspecified atom stereocenters. The Balaban J connectivity index is 3.25. The quantitative estimate of drug-likeness (QED) is 0.775. The molecular weight excluding hydrogens is 187 g/mol. The van der Waals surface area contributed by atoms with Gasteiger partial charge in [-0.2, -0.15) is 0 Å². The Hall–Kier alpha value is -1.29. The van der Waals surface area contributed by atoms with Gasteiger partial charge in [-0.3, -0.25) is 0 Å². The maximum absolute atomic E-state index is 13.4.